The van der Waals surface area contributed by atoms with Crippen LogP contribution in [0.25, 0.3) is 0 Å². The second-order valence-corrected chi connectivity index (χ2v) is 16.6. The number of thiocarbonyl (C=S) groups is 2. The minimum absolute atomic E-state index is 0.162. The molecular formula is C48H60O6S2. The third-order valence-electron chi connectivity index (χ3n) is 9.94. The summed E-state index contributed by atoms with van der Waals surface area (Å²) in [6, 6.07) is 0. The summed E-state index contributed by atoms with van der Waals surface area (Å²) in [4.78, 5) is 50.6. The second-order valence-electron chi connectivity index (χ2n) is 16.1. The lowest BCUT2D eigenvalue weighted by Crippen LogP contribution is -2.39. The average molecular weight is 797 g/mol. The van der Waals surface area contributed by atoms with E-state index < -0.39 is 36.0 Å². The molecule has 0 saturated carbocycles. The molecule has 0 aliphatic heterocycles. The first-order chi connectivity index (χ1) is 26.1. The van der Waals surface area contributed by atoms with Gasteiger partial charge in [-0.1, -0.05) is 159 Å². The van der Waals surface area contributed by atoms with Crippen molar-refractivity contribution in [2.45, 2.75) is 108 Å². The molecule has 6 nitrogen and oxygen atoms in total. The number of carbonyl (C=O) groups excluding carboxylic acids is 4. The third-order valence-corrected chi connectivity index (χ3v) is 10.8. The van der Waals surface area contributed by atoms with Crippen LogP contribution in [-0.2, 0) is 28.7 Å². The van der Waals surface area contributed by atoms with Gasteiger partial charge in [0, 0.05) is 12.8 Å². The van der Waals surface area contributed by atoms with Crippen LogP contribution in [0, 0.1) is 22.7 Å². The Morgan fingerprint density at radius 1 is 0.589 bits per heavy atom. The zero-order chi connectivity index (χ0) is 42.4. The Balaban J connectivity index is 2.00. The quantitative estimate of drug-likeness (QED) is 0.0867. The molecule has 0 N–H and O–H groups in total. The minimum Gasteiger partial charge on any atom is -0.453 e. The molecule has 2 rings (SSSR count). The SMILES string of the molecule is CC1=C(/C=C/C(C)=C/C=C/C(C)=C/C=C/C=C(C)/C=C/C=C(C)/C=C/C2=C(C)C(=O)C(OC(=O)C(C)C=S)CC2(C)C)C(C)(C)CC(OC(=O)C(C)C=S)C1=O. The van der Waals surface area contributed by atoms with E-state index >= 15 is 0 Å². The Bertz CT molecular complexity index is 1760. The van der Waals surface area contributed by atoms with Gasteiger partial charge in [0.1, 0.15) is 0 Å². The van der Waals surface area contributed by atoms with E-state index in [0.29, 0.717) is 24.0 Å². The Morgan fingerprint density at radius 3 is 1.21 bits per heavy atom. The Labute approximate surface area is 346 Å². The molecule has 8 heteroatoms. The smallest absolute Gasteiger partial charge is 0.314 e. The van der Waals surface area contributed by atoms with Crippen LogP contribution in [0.15, 0.2) is 130 Å². The van der Waals surface area contributed by atoms with E-state index in [4.69, 9.17) is 33.9 Å². The van der Waals surface area contributed by atoms with Crippen LogP contribution in [0.4, 0.5) is 0 Å². The van der Waals surface area contributed by atoms with Crippen LogP contribution in [0.2, 0.25) is 0 Å². The number of rotatable bonds is 16. The van der Waals surface area contributed by atoms with Gasteiger partial charge in [0.15, 0.2) is 23.8 Å². The molecule has 2 aliphatic rings. The molecule has 0 radical (unpaired) electrons. The fourth-order valence-corrected chi connectivity index (χ4v) is 6.59. The molecule has 300 valence electrons. The Kier molecular flexibility index (Phi) is 18.6. The van der Waals surface area contributed by atoms with Gasteiger partial charge in [-0.2, -0.15) is 0 Å². The molecule has 56 heavy (non-hydrogen) atoms. The second kappa shape index (κ2) is 21.8. The molecule has 0 aromatic carbocycles. The van der Waals surface area contributed by atoms with Crippen molar-refractivity contribution in [3.63, 3.8) is 0 Å². The predicted octanol–water partition coefficient (Wildman–Crippen LogP) is 11.3. The van der Waals surface area contributed by atoms with E-state index in [0.717, 1.165) is 33.4 Å². The number of allylic oxidation sites excluding steroid dienone is 20. The summed E-state index contributed by atoms with van der Waals surface area (Å²) in [5, 5.41) is 2.71. The van der Waals surface area contributed by atoms with Crippen molar-refractivity contribution in [1.29, 1.82) is 0 Å². The van der Waals surface area contributed by atoms with Gasteiger partial charge in [0.2, 0.25) is 0 Å². The van der Waals surface area contributed by atoms with Crippen molar-refractivity contribution in [2.24, 2.45) is 22.7 Å². The number of ketones is 2. The van der Waals surface area contributed by atoms with E-state index in [1.54, 1.807) is 27.7 Å². The third kappa shape index (κ3) is 14.3. The summed E-state index contributed by atoms with van der Waals surface area (Å²) < 4.78 is 11.0. The number of hydrogen-bond acceptors (Lipinski definition) is 8. The maximum absolute atomic E-state index is 13.0. The molecule has 0 amide bonds. The molecule has 4 atom stereocenters. The Hall–Kier alpha value is -4.40. The summed E-state index contributed by atoms with van der Waals surface area (Å²) in [6.07, 6.45) is 27.5. The van der Waals surface area contributed by atoms with Crippen LogP contribution >= 0.6 is 24.4 Å². The van der Waals surface area contributed by atoms with Crippen molar-refractivity contribution in [1.82, 2.24) is 0 Å². The van der Waals surface area contributed by atoms with Crippen LogP contribution < -0.4 is 0 Å². The maximum Gasteiger partial charge on any atom is 0.314 e. The zero-order valence-corrected chi connectivity index (χ0v) is 36.9. The highest BCUT2D eigenvalue weighted by Crippen LogP contribution is 2.42. The van der Waals surface area contributed by atoms with E-state index in [-0.39, 0.29) is 22.4 Å². The standard InChI is InChI=1S/C48H60O6S2/c1-31(19-15-21-33(3)23-25-39-37(7)43(49)41(27-47(39,9)10)53-45(51)35(5)29-55)17-13-14-18-32(2)20-16-22-34(4)24-26-40-38(8)44(50)42(28-48(40,11)12)54-46(52)36(6)30-56/h13-26,29-30,35-36,41-42H,27-28H2,1-12H3/b14-13+,19-15+,20-16+,25-23+,26-24+,31-17+,32-18+,33-21+,34-22+. The molecule has 0 saturated heterocycles. The molecule has 0 spiro atoms. The number of esters is 2. The fourth-order valence-electron chi connectivity index (χ4n) is 6.36. The van der Waals surface area contributed by atoms with Crippen LogP contribution in [0.5, 0.6) is 0 Å². The first-order valence-electron chi connectivity index (χ1n) is 19.1. The fraction of sp³-hybridized carbons (Fsp3) is 0.417. The lowest BCUT2D eigenvalue weighted by molar-refractivity contribution is -0.157. The van der Waals surface area contributed by atoms with Crippen LogP contribution in [-0.4, -0.2) is 46.4 Å². The normalized spacial score (nSPS) is 22.6. The van der Waals surface area contributed by atoms with E-state index in [2.05, 4.69) is 27.7 Å². The summed E-state index contributed by atoms with van der Waals surface area (Å²) in [7, 11) is 0. The number of Topliss-reactive ketones (excluding diaryl/α,β-unsaturated/α-hetero) is 2. The summed E-state index contributed by atoms with van der Waals surface area (Å²) in [6.45, 7) is 23.3. The summed E-state index contributed by atoms with van der Waals surface area (Å²) >= 11 is 9.72. The van der Waals surface area contributed by atoms with Gasteiger partial charge in [-0.3, -0.25) is 19.2 Å². The summed E-state index contributed by atoms with van der Waals surface area (Å²) in [5.41, 5.74) is 6.67. The topological polar surface area (TPSA) is 86.7 Å². The first-order valence-corrected chi connectivity index (χ1v) is 20.0. The van der Waals surface area contributed by atoms with E-state index in [9.17, 15) is 19.2 Å². The monoisotopic (exact) mass is 796 g/mol. The van der Waals surface area contributed by atoms with Gasteiger partial charge in [0.05, 0.1) is 11.8 Å². The highest BCUT2D eigenvalue weighted by molar-refractivity contribution is 7.79. The summed E-state index contributed by atoms with van der Waals surface area (Å²) in [5.74, 6) is -2.34. The van der Waals surface area contributed by atoms with Gasteiger partial charge >= 0.3 is 11.9 Å². The van der Waals surface area contributed by atoms with Crippen molar-refractivity contribution < 1.29 is 28.7 Å². The van der Waals surface area contributed by atoms with Crippen LogP contribution in [0.3, 0.4) is 0 Å². The Morgan fingerprint density at radius 2 is 0.893 bits per heavy atom. The van der Waals surface area contributed by atoms with Crippen molar-refractivity contribution in [2.75, 3.05) is 0 Å². The highest BCUT2D eigenvalue weighted by atomic mass is 32.1. The van der Waals surface area contributed by atoms with Gasteiger partial charge in [-0.05, 0) is 99.2 Å². The van der Waals surface area contributed by atoms with Crippen molar-refractivity contribution in [3.8, 4) is 0 Å². The van der Waals surface area contributed by atoms with Gasteiger partial charge < -0.3 is 9.47 Å². The number of hydrogen-bond donors (Lipinski definition) is 0. The molecular weight excluding hydrogens is 737 g/mol. The average Bonchev–Trinajstić information content (AvgIpc) is 3.13. The van der Waals surface area contributed by atoms with Gasteiger partial charge in [-0.25, -0.2) is 0 Å². The zero-order valence-electron chi connectivity index (χ0n) is 35.2. The molecule has 0 fully saturated rings. The maximum atomic E-state index is 13.0. The number of carbonyl (C=O) groups is 4. The van der Waals surface area contributed by atoms with Crippen LogP contribution in [0.1, 0.15) is 95.9 Å². The molecule has 0 heterocycles. The largest absolute Gasteiger partial charge is 0.453 e. The van der Waals surface area contributed by atoms with Gasteiger partial charge in [-0.15, -0.1) is 0 Å². The van der Waals surface area contributed by atoms with E-state index in [1.165, 1.54) is 10.7 Å². The lowest BCUT2D eigenvalue weighted by atomic mass is 9.71. The molecule has 0 aromatic rings. The molecule has 4 unspecified atom stereocenters. The number of ether oxygens (including phenoxy) is 2. The van der Waals surface area contributed by atoms with Gasteiger partial charge in [0.25, 0.3) is 0 Å². The molecule has 2 aliphatic carbocycles. The van der Waals surface area contributed by atoms with Crippen molar-refractivity contribution in [3.05, 3.63) is 130 Å². The first kappa shape index (κ1) is 47.8. The minimum atomic E-state index is -0.799. The lowest BCUT2D eigenvalue weighted by Gasteiger charge is -2.36. The molecule has 0 bridgehead atoms. The predicted molar refractivity (Wildman–Crippen MR) is 238 cm³/mol. The van der Waals surface area contributed by atoms with Crippen molar-refractivity contribution >= 4 is 58.7 Å². The molecule has 0 aromatic heterocycles. The highest BCUT2D eigenvalue weighted by Gasteiger charge is 2.41. The van der Waals surface area contributed by atoms with E-state index in [1.807, 2.05) is 113 Å².